The summed E-state index contributed by atoms with van der Waals surface area (Å²) in [5.74, 6) is 0.163. The second-order valence-electron chi connectivity index (χ2n) is 5.78. The van der Waals surface area contributed by atoms with Crippen LogP contribution in [0.3, 0.4) is 0 Å². The molecule has 0 unspecified atom stereocenters. The Morgan fingerprint density at radius 3 is 2.50 bits per heavy atom. The maximum Gasteiger partial charge on any atom is 0.263 e. The Morgan fingerprint density at radius 2 is 1.81 bits per heavy atom. The number of aryl methyl sites for hydroxylation is 2. The Morgan fingerprint density at radius 1 is 1.04 bits per heavy atom. The van der Waals surface area contributed by atoms with Gasteiger partial charge in [-0.05, 0) is 49.7 Å². The highest BCUT2D eigenvalue weighted by Crippen LogP contribution is 2.18. The minimum absolute atomic E-state index is 0.0463. The maximum absolute atomic E-state index is 12.5. The summed E-state index contributed by atoms with van der Waals surface area (Å²) >= 11 is 0. The number of nitrogens with one attached hydrogen (secondary N) is 2. The molecule has 0 saturated heterocycles. The predicted octanol–water partition coefficient (Wildman–Crippen LogP) is 3.34. The molecule has 0 atom stereocenters. The lowest BCUT2D eigenvalue weighted by molar-refractivity contribution is 0.102. The van der Waals surface area contributed by atoms with Gasteiger partial charge in [-0.25, -0.2) is 8.42 Å². The van der Waals surface area contributed by atoms with Crippen molar-refractivity contribution in [1.82, 2.24) is 5.16 Å². The zero-order chi connectivity index (χ0) is 18.7. The van der Waals surface area contributed by atoms with E-state index in [1.807, 2.05) is 25.1 Å². The number of hydrogen-bond donors (Lipinski definition) is 2. The molecular formula is C18H17N3O4S. The summed E-state index contributed by atoms with van der Waals surface area (Å²) in [6.07, 6.45) is 0. The van der Waals surface area contributed by atoms with E-state index in [4.69, 9.17) is 4.52 Å². The van der Waals surface area contributed by atoms with Crippen LogP contribution in [0.4, 0.5) is 11.5 Å². The van der Waals surface area contributed by atoms with Crippen LogP contribution in [0.25, 0.3) is 0 Å². The van der Waals surface area contributed by atoms with Crippen molar-refractivity contribution in [3.8, 4) is 0 Å². The van der Waals surface area contributed by atoms with Gasteiger partial charge in [0.15, 0.2) is 5.82 Å². The first kappa shape index (κ1) is 17.7. The fourth-order valence-electron chi connectivity index (χ4n) is 2.34. The van der Waals surface area contributed by atoms with Gasteiger partial charge in [0, 0.05) is 17.3 Å². The van der Waals surface area contributed by atoms with Crippen LogP contribution < -0.4 is 10.0 Å². The summed E-state index contributed by atoms with van der Waals surface area (Å²) < 4.78 is 32.1. The largest absolute Gasteiger partial charge is 0.360 e. The highest BCUT2D eigenvalue weighted by molar-refractivity contribution is 7.92. The molecule has 0 aliphatic rings. The Kier molecular flexibility index (Phi) is 4.77. The number of anilines is 2. The number of carbonyl (C=O) groups excluding carboxylic acids is 1. The van der Waals surface area contributed by atoms with E-state index >= 15 is 0 Å². The minimum Gasteiger partial charge on any atom is -0.360 e. The molecule has 1 aromatic heterocycles. The molecule has 0 spiro atoms. The van der Waals surface area contributed by atoms with Crippen LogP contribution in [0.1, 0.15) is 21.7 Å². The van der Waals surface area contributed by atoms with Crippen LogP contribution >= 0.6 is 0 Å². The Bertz CT molecular complexity index is 1060. The highest BCUT2D eigenvalue weighted by Gasteiger charge is 2.18. The van der Waals surface area contributed by atoms with Crippen molar-refractivity contribution in [2.24, 2.45) is 0 Å². The average Bonchev–Trinajstić information content (AvgIpc) is 2.99. The van der Waals surface area contributed by atoms with Gasteiger partial charge in [-0.1, -0.05) is 23.4 Å². The second kappa shape index (κ2) is 7.01. The van der Waals surface area contributed by atoms with Crippen LogP contribution in [0.15, 0.2) is 64.0 Å². The maximum atomic E-state index is 12.5. The topological polar surface area (TPSA) is 101 Å². The molecule has 0 bridgehead atoms. The van der Waals surface area contributed by atoms with Gasteiger partial charge >= 0.3 is 0 Å². The first-order valence-electron chi connectivity index (χ1n) is 7.78. The van der Waals surface area contributed by atoms with Crippen molar-refractivity contribution >= 4 is 27.4 Å². The molecule has 2 aromatic carbocycles. The quantitative estimate of drug-likeness (QED) is 0.716. The number of rotatable bonds is 5. The van der Waals surface area contributed by atoms with E-state index in [1.165, 1.54) is 24.3 Å². The fraction of sp³-hybridized carbons (Fsp3) is 0.111. The number of hydrogen-bond acceptors (Lipinski definition) is 5. The molecule has 7 nitrogen and oxygen atoms in total. The molecule has 2 N–H and O–H groups in total. The van der Waals surface area contributed by atoms with Gasteiger partial charge < -0.3 is 9.84 Å². The van der Waals surface area contributed by atoms with Crippen molar-refractivity contribution in [2.45, 2.75) is 18.7 Å². The van der Waals surface area contributed by atoms with Crippen molar-refractivity contribution in [3.05, 3.63) is 71.5 Å². The molecule has 0 aliphatic carbocycles. The number of aromatic nitrogens is 1. The third-order valence-electron chi connectivity index (χ3n) is 3.55. The van der Waals surface area contributed by atoms with Crippen LogP contribution in [0.2, 0.25) is 0 Å². The molecular weight excluding hydrogens is 354 g/mol. The van der Waals surface area contributed by atoms with E-state index in [1.54, 1.807) is 19.1 Å². The van der Waals surface area contributed by atoms with Crippen LogP contribution in [0, 0.1) is 13.8 Å². The Labute approximate surface area is 151 Å². The number of benzene rings is 2. The van der Waals surface area contributed by atoms with Gasteiger partial charge in [0.25, 0.3) is 15.9 Å². The average molecular weight is 371 g/mol. The van der Waals surface area contributed by atoms with Crippen molar-refractivity contribution in [3.63, 3.8) is 0 Å². The summed E-state index contributed by atoms with van der Waals surface area (Å²) in [5, 5.41) is 6.35. The number of sulfonamides is 1. The first-order chi connectivity index (χ1) is 12.3. The number of carbonyl (C=O) groups is 1. The molecule has 0 fully saturated rings. The molecule has 134 valence electrons. The van der Waals surface area contributed by atoms with Crippen LogP contribution in [0.5, 0.6) is 0 Å². The van der Waals surface area contributed by atoms with Crippen molar-refractivity contribution in [1.29, 1.82) is 0 Å². The Hall–Kier alpha value is -3.13. The fourth-order valence-corrected chi connectivity index (χ4v) is 3.37. The second-order valence-corrected chi connectivity index (χ2v) is 7.46. The van der Waals surface area contributed by atoms with Crippen molar-refractivity contribution in [2.75, 3.05) is 10.0 Å². The van der Waals surface area contributed by atoms with Gasteiger partial charge in [-0.2, -0.15) is 0 Å². The molecule has 8 heteroatoms. The zero-order valence-corrected chi connectivity index (χ0v) is 15.0. The van der Waals surface area contributed by atoms with Gasteiger partial charge in [0.1, 0.15) is 5.76 Å². The van der Waals surface area contributed by atoms with Gasteiger partial charge in [-0.3, -0.25) is 9.52 Å². The zero-order valence-electron chi connectivity index (χ0n) is 14.2. The molecule has 3 aromatic rings. The van der Waals surface area contributed by atoms with E-state index in [0.29, 0.717) is 11.4 Å². The lowest BCUT2D eigenvalue weighted by atomic mass is 10.2. The van der Waals surface area contributed by atoms with Gasteiger partial charge in [0.05, 0.1) is 4.90 Å². The van der Waals surface area contributed by atoms with E-state index in [-0.39, 0.29) is 16.3 Å². The lowest BCUT2D eigenvalue weighted by Crippen LogP contribution is -2.16. The normalized spacial score (nSPS) is 11.2. The molecule has 0 saturated carbocycles. The summed E-state index contributed by atoms with van der Waals surface area (Å²) in [7, 11) is -3.89. The Balaban J connectivity index is 1.82. The van der Waals surface area contributed by atoms with E-state index < -0.39 is 15.9 Å². The summed E-state index contributed by atoms with van der Waals surface area (Å²) in [5.41, 5.74) is 1.87. The minimum atomic E-state index is -3.89. The number of amides is 1. The molecule has 1 amide bonds. The number of nitrogens with zero attached hydrogens (tertiary/aromatic N) is 1. The van der Waals surface area contributed by atoms with Gasteiger partial charge in [-0.15, -0.1) is 0 Å². The molecule has 1 heterocycles. The predicted molar refractivity (Wildman–Crippen MR) is 97.6 cm³/mol. The first-order valence-corrected chi connectivity index (χ1v) is 9.26. The highest BCUT2D eigenvalue weighted by atomic mass is 32.2. The molecule has 0 radical (unpaired) electrons. The summed E-state index contributed by atoms with van der Waals surface area (Å²) in [4.78, 5) is 12.4. The van der Waals surface area contributed by atoms with E-state index in [0.717, 1.165) is 5.56 Å². The standard InChI is InChI=1S/C18H17N3O4S/c1-12-5-3-7-15(9-12)19-18(22)14-6-4-8-16(11-14)26(23,24)21-17-10-13(2)25-20-17/h3-11H,1-2H3,(H,19,22)(H,20,21). The smallest absolute Gasteiger partial charge is 0.263 e. The molecule has 26 heavy (non-hydrogen) atoms. The molecule has 0 aliphatic heterocycles. The summed E-state index contributed by atoms with van der Waals surface area (Å²) in [6.45, 7) is 3.57. The third-order valence-corrected chi connectivity index (χ3v) is 4.90. The molecule has 3 rings (SSSR count). The SMILES string of the molecule is Cc1cccc(NC(=O)c2cccc(S(=O)(=O)Nc3cc(C)on3)c2)c1. The van der Waals surface area contributed by atoms with Crippen LogP contribution in [-0.4, -0.2) is 19.5 Å². The monoisotopic (exact) mass is 371 g/mol. The third kappa shape index (κ3) is 4.09. The van der Waals surface area contributed by atoms with E-state index in [9.17, 15) is 13.2 Å². The van der Waals surface area contributed by atoms with Crippen LogP contribution in [-0.2, 0) is 10.0 Å². The summed E-state index contributed by atoms with van der Waals surface area (Å²) in [6, 6.07) is 14.6. The van der Waals surface area contributed by atoms with E-state index in [2.05, 4.69) is 15.2 Å². The van der Waals surface area contributed by atoms with Crippen molar-refractivity contribution < 1.29 is 17.7 Å². The van der Waals surface area contributed by atoms with Gasteiger partial charge in [0.2, 0.25) is 0 Å². The lowest BCUT2D eigenvalue weighted by Gasteiger charge is -2.08.